The molecule has 0 saturated heterocycles. The van der Waals surface area contributed by atoms with Crippen molar-refractivity contribution < 1.29 is 9.35 Å². The maximum atomic E-state index is 12.6. The van der Waals surface area contributed by atoms with Crippen LogP contribution >= 0.6 is 0 Å². The number of nitrogens with zero attached hydrogens (tertiary/aromatic N) is 1. The fourth-order valence-corrected chi connectivity index (χ4v) is 3.97. The van der Waals surface area contributed by atoms with E-state index in [0.29, 0.717) is 16.5 Å². The Labute approximate surface area is 173 Å². The van der Waals surface area contributed by atoms with Crippen molar-refractivity contribution >= 4 is 28.5 Å². The smallest absolute Gasteiger partial charge is 0.321 e. The van der Waals surface area contributed by atoms with Crippen molar-refractivity contribution in [1.29, 1.82) is 0 Å². The van der Waals surface area contributed by atoms with E-state index >= 15 is 0 Å². The molecule has 1 unspecified atom stereocenters. The lowest BCUT2D eigenvalue weighted by Crippen LogP contribution is -2.06. The first-order valence-corrected chi connectivity index (χ1v) is 10.5. The van der Waals surface area contributed by atoms with E-state index < -0.39 is 11.2 Å². The third kappa shape index (κ3) is 5.12. The van der Waals surface area contributed by atoms with Crippen molar-refractivity contribution in [3.05, 3.63) is 83.9 Å². The Hall–Kier alpha value is -2.93. The number of fused-ring (bicyclic) bond motifs is 1. The van der Waals surface area contributed by atoms with E-state index in [4.69, 9.17) is 0 Å². The summed E-state index contributed by atoms with van der Waals surface area (Å²) in [5.74, 6) is 0.418. The number of aldehydes is 1. The first kappa shape index (κ1) is 20.8. The molecule has 3 aromatic carbocycles. The Morgan fingerprint density at radius 1 is 1.03 bits per heavy atom. The van der Waals surface area contributed by atoms with Crippen molar-refractivity contribution in [2.75, 3.05) is 14.1 Å². The number of hydrogen-bond acceptors (Lipinski definition) is 4. The monoisotopic (exact) mass is 405 g/mol. The van der Waals surface area contributed by atoms with E-state index in [9.17, 15) is 9.35 Å². The van der Waals surface area contributed by atoms with Gasteiger partial charge in [-0.05, 0) is 37.4 Å². The molecule has 0 aliphatic rings. The van der Waals surface area contributed by atoms with Gasteiger partial charge >= 0.3 is 5.16 Å². The van der Waals surface area contributed by atoms with Crippen LogP contribution in [0, 0.1) is 0 Å². The van der Waals surface area contributed by atoms with Crippen LogP contribution in [0.1, 0.15) is 15.9 Å². The standard InChI is InChI=1S/C21H16N2O2S.C2H7N/c24-13-17-8-4-5-9-18(17)16-10-11-19-20(12-16)23-21(22-19)26(25)14-15-6-2-1-3-7-15;1-3-2/h1-13H,14H2,(H,22,23);3H,1-2H3. The highest BCUT2D eigenvalue weighted by atomic mass is 32.2. The van der Waals surface area contributed by atoms with Crippen LogP contribution in [0.4, 0.5) is 0 Å². The molecular formula is C23H23N3O2S. The number of carbonyl (C=O) groups is 1. The Morgan fingerprint density at radius 2 is 1.72 bits per heavy atom. The average Bonchev–Trinajstić information content (AvgIpc) is 3.18. The third-order valence-corrected chi connectivity index (χ3v) is 5.44. The fourth-order valence-electron chi connectivity index (χ4n) is 2.91. The van der Waals surface area contributed by atoms with Crippen LogP contribution in [-0.4, -0.2) is 34.9 Å². The number of hydrogen-bond donors (Lipinski definition) is 2. The highest BCUT2D eigenvalue weighted by Crippen LogP contribution is 2.27. The molecule has 2 N–H and O–H groups in total. The van der Waals surface area contributed by atoms with Gasteiger partial charge in [0.1, 0.15) is 5.75 Å². The van der Waals surface area contributed by atoms with Crippen LogP contribution in [-0.2, 0) is 16.9 Å². The second-order valence-corrected chi connectivity index (χ2v) is 7.82. The molecule has 6 heteroatoms. The van der Waals surface area contributed by atoms with Crippen LogP contribution in [0.5, 0.6) is 0 Å². The van der Waals surface area contributed by atoms with Gasteiger partial charge in [-0.1, -0.05) is 60.7 Å². The summed E-state index contributed by atoms with van der Waals surface area (Å²) < 4.78 is 12.6. The zero-order chi connectivity index (χ0) is 20.6. The van der Waals surface area contributed by atoms with E-state index in [1.165, 1.54) is 0 Å². The SMILES string of the molecule is CNC.O=Cc1ccccc1-c1ccc2[nH]c([S+]([O-])Cc3ccccc3)nc2c1. The second kappa shape index (κ2) is 10.0. The zero-order valence-electron chi connectivity index (χ0n) is 16.4. The summed E-state index contributed by atoms with van der Waals surface area (Å²) in [6.45, 7) is 0. The third-order valence-electron chi connectivity index (χ3n) is 4.22. The van der Waals surface area contributed by atoms with Gasteiger partial charge in [0.2, 0.25) is 0 Å². The van der Waals surface area contributed by atoms with Crippen LogP contribution in [0.2, 0.25) is 0 Å². The molecule has 0 aliphatic carbocycles. The normalized spacial score (nSPS) is 11.6. The lowest BCUT2D eigenvalue weighted by Gasteiger charge is -2.06. The molecule has 1 heterocycles. The fraction of sp³-hybridized carbons (Fsp3) is 0.130. The first-order chi connectivity index (χ1) is 14.2. The number of nitrogens with one attached hydrogen (secondary N) is 2. The van der Waals surface area contributed by atoms with Gasteiger partial charge in [0.25, 0.3) is 0 Å². The molecule has 0 fully saturated rings. The maximum absolute atomic E-state index is 12.6. The minimum absolute atomic E-state index is 0.418. The van der Waals surface area contributed by atoms with Gasteiger partial charge < -0.3 is 9.87 Å². The lowest BCUT2D eigenvalue weighted by atomic mass is 10.0. The molecule has 148 valence electrons. The Bertz CT molecular complexity index is 1080. The number of benzene rings is 3. The summed E-state index contributed by atoms with van der Waals surface area (Å²) in [7, 11) is 3.75. The molecule has 4 rings (SSSR count). The predicted molar refractivity (Wildman–Crippen MR) is 118 cm³/mol. The van der Waals surface area contributed by atoms with Crippen LogP contribution in [0.15, 0.2) is 78.0 Å². The summed E-state index contributed by atoms with van der Waals surface area (Å²) >= 11 is -1.25. The van der Waals surface area contributed by atoms with Crippen molar-refractivity contribution in [2.24, 2.45) is 0 Å². The van der Waals surface area contributed by atoms with Gasteiger partial charge in [-0.15, -0.1) is 0 Å². The van der Waals surface area contributed by atoms with Gasteiger partial charge in [-0.3, -0.25) is 9.78 Å². The molecule has 0 amide bonds. The Morgan fingerprint density at radius 3 is 2.45 bits per heavy atom. The number of carbonyl (C=O) groups excluding carboxylic acids is 1. The van der Waals surface area contributed by atoms with E-state index in [2.05, 4.69) is 15.3 Å². The molecule has 0 radical (unpaired) electrons. The van der Waals surface area contributed by atoms with Crippen LogP contribution in [0.25, 0.3) is 22.2 Å². The summed E-state index contributed by atoms with van der Waals surface area (Å²) in [5, 5.41) is 3.21. The molecule has 0 bridgehead atoms. The number of aromatic nitrogens is 2. The molecule has 1 aromatic heterocycles. The largest absolute Gasteiger partial charge is 0.609 e. The lowest BCUT2D eigenvalue weighted by molar-refractivity contribution is 0.112. The van der Waals surface area contributed by atoms with Gasteiger partial charge in [0.05, 0.1) is 11.0 Å². The number of aromatic amines is 1. The summed E-state index contributed by atoms with van der Waals surface area (Å²) in [4.78, 5) is 18.9. The van der Waals surface area contributed by atoms with E-state index in [-0.39, 0.29) is 0 Å². The topological polar surface area (TPSA) is 80.8 Å². The molecule has 0 saturated carbocycles. The first-order valence-electron chi connectivity index (χ1n) is 9.21. The Balaban J connectivity index is 0.000000755. The molecule has 1 atom stereocenters. The molecule has 4 aromatic rings. The van der Waals surface area contributed by atoms with Crippen molar-refractivity contribution in [1.82, 2.24) is 15.3 Å². The van der Waals surface area contributed by atoms with Crippen LogP contribution in [0.3, 0.4) is 0 Å². The van der Waals surface area contributed by atoms with Gasteiger partial charge in [-0.2, -0.15) is 4.98 Å². The molecule has 29 heavy (non-hydrogen) atoms. The quantitative estimate of drug-likeness (QED) is 0.385. The number of H-pyrrole nitrogens is 1. The maximum Gasteiger partial charge on any atom is 0.321 e. The van der Waals surface area contributed by atoms with E-state index in [0.717, 1.165) is 34.0 Å². The van der Waals surface area contributed by atoms with Gasteiger partial charge in [0.15, 0.2) is 6.29 Å². The number of rotatable bonds is 5. The van der Waals surface area contributed by atoms with Crippen LogP contribution < -0.4 is 5.32 Å². The summed E-state index contributed by atoms with van der Waals surface area (Å²) in [6.07, 6.45) is 0.852. The number of imidazole rings is 1. The van der Waals surface area contributed by atoms with E-state index in [1.54, 1.807) is 6.07 Å². The highest BCUT2D eigenvalue weighted by Gasteiger charge is 2.17. The van der Waals surface area contributed by atoms with Crippen molar-refractivity contribution in [3.63, 3.8) is 0 Å². The molecular weight excluding hydrogens is 382 g/mol. The van der Waals surface area contributed by atoms with Crippen molar-refractivity contribution in [2.45, 2.75) is 10.9 Å². The van der Waals surface area contributed by atoms with Gasteiger partial charge in [0, 0.05) is 22.3 Å². The zero-order valence-corrected chi connectivity index (χ0v) is 17.2. The predicted octanol–water partition coefficient (Wildman–Crippen LogP) is 4.19. The minimum atomic E-state index is -1.25. The minimum Gasteiger partial charge on any atom is -0.609 e. The summed E-state index contributed by atoms with van der Waals surface area (Å²) in [5.41, 5.74) is 4.97. The second-order valence-electron chi connectivity index (χ2n) is 6.45. The molecule has 0 spiro atoms. The van der Waals surface area contributed by atoms with Crippen molar-refractivity contribution in [3.8, 4) is 11.1 Å². The molecule has 5 nitrogen and oxygen atoms in total. The summed E-state index contributed by atoms with van der Waals surface area (Å²) in [6, 6.07) is 22.9. The molecule has 0 aliphatic heterocycles. The van der Waals surface area contributed by atoms with Gasteiger partial charge in [-0.25, -0.2) is 0 Å². The Kier molecular flexibility index (Phi) is 7.19. The average molecular weight is 406 g/mol. The van der Waals surface area contributed by atoms with E-state index in [1.807, 2.05) is 80.8 Å². The highest BCUT2D eigenvalue weighted by molar-refractivity contribution is 7.90.